The number of nitrogens with one attached hydrogen (secondary N) is 1. The van der Waals surface area contributed by atoms with Gasteiger partial charge in [0.05, 0.1) is 4.90 Å². The van der Waals surface area contributed by atoms with E-state index in [1.807, 2.05) is 32.0 Å². The molecule has 5 nitrogen and oxygen atoms in total. The van der Waals surface area contributed by atoms with Gasteiger partial charge in [-0.3, -0.25) is 4.79 Å². The molecule has 0 spiro atoms. The van der Waals surface area contributed by atoms with E-state index in [1.54, 1.807) is 23.4 Å². The zero-order valence-electron chi connectivity index (χ0n) is 16.8. The molecule has 1 fully saturated rings. The van der Waals surface area contributed by atoms with Gasteiger partial charge in [0.15, 0.2) is 0 Å². The van der Waals surface area contributed by atoms with Gasteiger partial charge in [0.2, 0.25) is 10.0 Å². The normalized spacial score (nSPS) is 15.8. The molecule has 0 aliphatic carbocycles. The smallest absolute Gasteiger partial charge is 0.255 e. The number of hydrogen-bond donors (Lipinski definition) is 1. The Hall–Kier alpha value is -2.18. The molecule has 0 bridgehead atoms. The van der Waals surface area contributed by atoms with Gasteiger partial charge in [0.1, 0.15) is 0 Å². The van der Waals surface area contributed by atoms with Crippen LogP contribution >= 0.6 is 0 Å². The average molecular weight is 401 g/mol. The highest BCUT2D eigenvalue weighted by atomic mass is 32.2. The fourth-order valence-electron chi connectivity index (χ4n) is 3.69. The van der Waals surface area contributed by atoms with Crippen molar-refractivity contribution >= 4 is 21.6 Å². The molecular weight excluding hydrogens is 372 g/mol. The molecule has 3 rings (SSSR count). The van der Waals surface area contributed by atoms with Crippen molar-refractivity contribution in [3.05, 3.63) is 58.7 Å². The first-order valence-electron chi connectivity index (χ1n) is 9.78. The maximum absolute atomic E-state index is 13.2. The average Bonchev–Trinajstić information content (AvgIpc) is 2.91. The highest BCUT2D eigenvalue weighted by Crippen LogP contribution is 2.25. The zero-order chi connectivity index (χ0) is 20.3. The number of anilines is 1. The number of aryl methyl sites for hydroxylation is 3. The highest BCUT2D eigenvalue weighted by Gasteiger charge is 2.27. The molecule has 1 saturated heterocycles. The van der Waals surface area contributed by atoms with Crippen LogP contribution in [0.3, 0.4) is 0 Å². The first-order chi connectivity index (χ1) is 13.3. The predicted octanol–water partition coefficient (Wildman–Crippen LogP) is 4.43. The van der Waals surface area contributed by atoms with E-state index in [4.69, 9.17) is 0 Å². The van der Waals surface area contributed by atoms with Crippen molar-refractivity contribution in [3.63, 3.8) is 0 Å². The fraction of sp³-hybridized carbons (Fsp3) is 0.409. The van der Waals surface area contributed by atoms with E-state index in [0.717, 1.165) is 36.8 Å². The maximum atomic E-state index is 13.2. The summed E-state index contributed by atoms with van der Waals surface area (Å²) in [6.07, 6.45) is 3.88. The van der Waals surface area contributed by atoms with Crippen LogP contribution < -0.4 is 5.32 Å². The first-order valence-corrected chi connectivity index (χ1v) is 11.2. The Bertz CT molecular complexity index is 955. The van der Waals surface area contributed by atoms with E-state index in [2.05, 4.69) is 5.32 Å². The number of hydrogen-bond acceptors (Lipinski definition) is 3. The first kappa shape index (κ1) is 20.6. The van der Waals surface area contributed by atoms with E-state index < -0.39 is 10.0 Å². The summed E-state index contributed by atoms with van der Waals surface area (Å²) < 4.78 is 27.9. The molecule has 1 heterocycles. The molecule has 1 aliphatic heterocycles. The lowest BCUT2D eigenvalue weighted by Crippen LogP contribution is -2.32. The van der Waals surface area contributed by atoms with Crippen LogP contribution in [0.5, 0.6) is 0 Å². The summed E-state index contributed by atoms with van der Waals surface area (Å²) in [4.78, 5) is 13.0. The van der Waals surface area contributed by atoms with Gasteiger partial charge in [-0.2, -0.15) is 4.31 Å². The second kappa shape index (κ2) is 8.45. The molecule has 2 aromatic carbocycles. The third-order valence-electron chi connectivity index (χ3n) is 5.11. The molecule has 0 atom stereocenters. The largest absolute Gasteiger partial charge is 0.322 e. The van der Waals surface area contributed by atoms with Crippen LogP contribution in [0.4, 0.5) is 5.69 Å². The van der Waals surface area contributed by atoms with Gasteiger partial charge in [0, 0.05) is 24.3 Å². The molecule has 0 radical (unpaired) electrons. The van der Waals surface area contributed by atoms with Gasteiger partial charge in [-0.15, -0.1) is 0 Å². The van der Waals surface area contributed by atoms with Crippen LogP contribution in [0.1, 0.15) is 52.7 Å². The molecule has 2 aromatic rings. The Morgan fingerprint density at radius 3 is 2.11 bits per heavy atom. The van der Waals surface area contributed by atoms with E-state index >= 15 is 0 Å². The third-order valence-corrected chi connectivity index (χ3v) is 7.15. The van der Waals surface area contributed by atoms with Crippen LogP contribution in [0.25, 0.3) is 0 Å². The SMILES string of the molecule is Cc1cc(C)cc(NC(=O)c2ccc(C)c(S(=O)(=O)N3CCCCCC3)c2)c1. The molecule has 0 saturated carbocycles. The number of nitrogens with zero attached hydrogens (tertiary/aromatic N) is 1. The van der Waals surface area contributed by atoms with E-state index in [9.17, 15) is 13.2 Å². The topological polar surface area (TPSA) is 66.5 Å². The predicted molar refractivity (Wildman–Crippen MR) is 112 cm³/mol. The van der Waals surface area contributed by atoms with Crippen LogP contribution in [0, 0.1) is 20.8 Å². The minimum absolute atomic E-state index is 0.225. The lowest BCUT2D eigenvalue weighted by Gasteiger charge is -2.21. The summed E-state index contributed by atoms with van der Waals surface area (Å²) in [6, 6.07) is 10.7. The van der Waals surface area contributed by atoms with Gasteiger partial charge in [-0.25, -0.2) is 8.42 Å². The molecule has 1 amide bonds. The van der Waals surface area contributed by atoms with Crippen LogP contribution in [0.2, 0.25) is 0 Å². The molecule has 6 heteroatoms. The Labute approximate surface area is 167 Å². The Morgan fingerprint density at radius 1 is 0.893 bits per heavy atom. The summed E-state index contributed by atoms with van der Waals surface area (Å²) in [7, 11) is -3.61. The fourth-order valence-corrected chi connectivity index (χ4v) is 5.46. The van der Waals surface area contributed by atoms with Gasteiger partial charge in [-0.1, -0.05) is 25.0 Å². The Balaban J connectivity index is 1.89. The van der Waals surface area contributed by atoms with Gasteiger partial charge in [0.25, 0.3) is 5.91 Å². The lowest BCUT2D eigenvalue weighted by molar-refractivity contribution is 0.102. The number of sulfonamides is 1. The molecule has 1 N–H and O–H groups in total. The summed E-state index contributed by atoms with van der Waals surface area (Å²) in [5, 5.41) is 2.88. The molecule has 0 aromatic heterocycles. The summed E-state index contributed by atoms with van der Waals surface area (Å²) in [5.74, 6) is -0.308. The van der Waals surface area contributed by atoms with Crippen LogP contribution in [0.15, 0.2) is 41.3 Å². The van der Waals surface area contributed by atoms with E-state index in [1.165, 1.54) is 6.07 Å². The number of benzene rings is 2. The zero-order valence-corrected chi connectivity index (χ0v) is 17.6. The summed E-state index contributed by atoms with van der Waals surface area (Å²) in [5.41, 5.74) is 3.83. The van der Waals surface area contributed by atoms with Crippen molar-refractivity contribution in [2.45, 2.75) is 51.3 Å². The lowest BCUT2D eigenvalue weighted by atomic mass is 10.1. The number of carbonyl (C=O) groups excluding carboxylic acids is 1. The second-order valence-electron chi connectivity index (χ2n) is 7.63. The molecule has 28 heavy (non-hydrogen) atoms. The molecule has 1 aliphatic rings. The minimum Gasteiger partial charge on any atom is -0.322 e. The standard InChI is InChI=1S/C22H28N2O3S/c1-16-12-17(2)14-20(13-16)23-22(25)19-9-8-18(3)21(15-19)28(26,27)24-10-6-4-5-7-11-24/h8-9,12-15H,4-7,10-11H2,1-3H3,(H,23,25). The molecular formula is C22H28N2O3S. The van der Waals surface area contributed by atoms with Crippen molar-refractivity contribution in [1.29, 1.82) is 0 Å². The number of amides is 1. The number of rotatable bonds is 4. The number of carbonyl (C=O) groups is 1. The Kier molecular flexibility index (Phi) is 6.20. The maximum Gasteiger partial charge on any atom is 0.255 e. The van der Waals surface area contributed by atoms with Gasteiger partial charge < -0.3 is 5.32 Å². The summed E-state index contributed by atoms with van der Waals surface area (Å²) >= 11 is 0. The van der Waals surface area contributed by atoms with Crippen LogP contribution in [-0.4, -0.2) is 31.7 Å². The monoisotopic (exact) mass is 400 g/mol. The molecule has 0 unspecified atom stereocenters. The van der Waals surface area contributed by atoms with Gasteiger partial charge >= 0.3 is 0 Å². The van der Waals surface area contributed by atoms with Crippen molar-refractivity contribution in [2.24, 2.45) is 0 Å². The van der Waals surface area contributed by atoms with E-state index in [0.29, 0.717) is 29.9 Å². The minimum atomic E-state index is -3.61. The van der Waals surface area contributed by atoms with Crippen molar-refractivity contribution < 1.29 is 13.2 Å². The third kappa shape index (κ3) is 4.62. The summed E-state index contributed by atoms with van der Waals surface area (Å²) in [6.45, 7) is 6.80. The van der Waals surface area contributed by atoms with Crippen LogP contribution in [-0.2, 0) is 10.0 Å². The van der Waals surface area contributed by atoms with Crippen molar-refractivity contribution in [1.82, 2.24) is 4.31 Å². The van der Waals surface area contributed by atoms with Gasteiger partial charge in [-0.05, 0) is 74.6 Å². The second-order valence-corrected chi connectivity index (χ2v) is 9.54. The Morgan fingerprint density at radius 2 is 1.50 bits per heavy atom. The quantitative estimate of drug-likeness (QED) is 0.826. The highest BCUT2D eigenvalue weighted by molar-refractivity contribution is 7.89. The van der Waals surface area contributed by atoms with E-state index in [-0.39, 0.29) is 10.8 Å². The van der Waals surface area contributed by atoms with Crippen molar-refractivity contribution in [2.75, 3.05) is 18.4 Å². The molecule has 150 valence electrons. The van der Waals surface area contributed by atoms with Crippen molar-refractivity contribution in [3.8, 4) is 0 Å².